The molecule has 1 aliphatic rings. The van der Waals surface area contributed by atoms with E-state index in [9.17, 15) is 5.26 Å². The number of hydrogen-bond acceptors (Lipinski definition) is 5. The molecule has 6 heteroatoms. The maximum absolute atomic E-state index is 9.53. The van der Waals surface area contributed by atoms with Crippen LogP contribution in [0.15, 0.2) is 34.8 Å². The second-order valence-electron chi connectivity index (χ2n) is 4.98. The van der Waals surface area contributed by atoms with Crippen LogP contribution in [0.4, 0.5) is 0 Å². The van der Waals surface area contributed by atoms with Gasteiger partial charge in [0.1, 0.15) is 0 Å². The number of halogens is 1. The normalized spacial score (nSPS) is 12.7. The number of ether oxygens (including phenoxy) is 4. The first kappa shape index (κ1) is 16.2. The van der Waals surface area contributed by atoms with Crippen LogP contribution in [0, 0.1) is 11.3 Å². The third-order valence-electron chi connectivity index (χ3n) is 3.57. The van der Waals surface area contributed by atoms with Gasteiger partial charge in [-0.05, 0) is 63.5 Å². The summed E-state index contributed by atoms with van der Waals surface area (Å²) in [6, 6.07) is 11.3. The summed E-state index contributed by atoms with van der Waals surface area (Å²) in [5.41, 5.74) is 2.08. The summed E-state index contributed by atoms with van der Waals surface area (Å²) in [6.45, 7) is 0.201. The fourth-order valence-electron chi connectivity index (χ4n) is 2.43. The number of methoxy groups -OCH3 is 2. The Balaban J connectivity index is 2.02. The summed E-state index contributed by atoms with van der Waals surface area (Å²) in [7, 11) is 3.15. The Morgan fingerprint density at radius 2 is 1.96 bits per heavy atom. The standard InChI is InChI=1S/C18H14BrNO4/c1-21-17-7-11(6-14(19)18(17)22-2)5-13(9-20)12-3-4-15-16(8-12)24-10-23-15/h3-8H,10H2,1-2H3/b13-5-. The van der Waals surface area contributed by atoms with Crippen LogP contribution in [0.25, 0.3) is 11.6 Å². The van der Waals surface area contributed by atoms with E-state index >= 15 is 0 Å². The van der Waals surface area contributed by atoms with Crippen molar-refractivity contribution in [1.29, 1.82) is 5.26 Å². The molecule has 3 rings (SSSR count). The predicted molar refractivity (Wildman–Crippen MR) is 93.3 cm³/mol. The summed E-state index contributed by atoms with van der Waals surface area (Å²) in [6.07, 6.45) is 1.78. The Bertz CT molecular complexity index is 855. The van der Waals surface area contributed by atoms with Gasteiger partial charge in [-0.1, -0.05) is 0 Å². The fourth-order valence-corrected chi connectivity index (χ4v) is 3.05. The molecule has 0 bridgehead atoms. The lowest BCUT2D eigenvalue weighted by Crippen LogP contribution is -1.93. The van der Waals surface area contributed by atoms with Crippen molar-refractivity contribution < 1.29 is 18.9 Å². The van der Waals surface area contributed by atoms with Gasteiger partial charge in [0, 0.05) is 0 Å². The highest BCUT2D eigenvalue weighted by atomic mass is 79.9. The number of fused-ring (bicyclic) bond motifs is 1. The van der Waals surface area contributed by atoms with E-state index in [2.05, 4.69) is 22.0 Å². The molecule has 0 N–H and O–H groups in total. The first-order valence-corrected chi connectivity index (χ1v) is 7.89. The zero-order valence-electron chi connectivity index (χ0n) is 13.1. The summed E-state index contributed by atoms with van der Waals surface area (Å²) in [4.78, 5) is 0. The van der Waals surface area contributed by atoms with Crippen LogP contribution in [-0.2, 0) is 0 Å². The van der Waals surface area contributed by atoms with E-state index < -0.39 is 0 Å². The molecule has 0 spiro atoms. The summed E-state index contributed by atoms with van der Waals surface area (Å²) in [5.74, 6) is 2.52. The topological polar surface area (TPSA) is 60.7 Å². The summed E-state index contributed by atoms with van der Waals surface area (Å²) >= 11 is 3.45. The highest BCUT2D eigenvalue weighted by molar-refractivity contribution is 9.10. The molecule has 0 unspecified atom stereocenters. The minimum atomic E-state index is 0.201. The van der Waals surface area contributed by atoms with Crippen molar-refractivity contribution in [3.8, 4) is 29.1 Å². The van der Waals surface area contributed by atoms with Gasteiger partial charge < -0.3 is 18.9 Å². The largest absolute Gasteiger partial charge is 0.493 e. The molecule has 0 saturated carbocycles. The number of nitrogens with zero attached hydrogens (tertiary/aromatic N) is 1. The summed E-state index contributed by atoms with van der Waals surface area (Å²) in [5, 5.41) is 9.53. The van der Waals surface area contributed by atoms with Crippen molar-refractivity contribution in [3.63, 3.8) is 0 Å². The molecule has 0 amide bonds. The first-order valence-electron chi connectivity index (χ1n) is 7.09. The molecule has 0 aliphatic carbocycles. The first-order chi connectivity index (χ1) is 11.7. The van der Waals surface area contributed by atoms with E-state index in [1.165, 1.54) is 0 Å². The van der Waals surface area contributed by atoms with Crippen molar-refractivity contribution >= 4 is 27.6 Å². The van der Waals surface area contributed by atoms with Crippen molar-refractivity contribution in [3.05, 3.63) is 45.9 Å². The Hall–Kier alpha value is -2.65. The highest BCUT2D eigenvalue weighted by Crippen LogP contribution is 2.38. The Morgan fingerprint density at radius 1 is 1.17 bits per heavy atom. The van der Waals surface area contributed by atoms with Gasteiger partial charge in [0.05, 0.1) is 30.3 Å². The van der Waals surface area contributed by atoms with Crippen LogP contribution >= 0.6 is 15.9 Å². The Kier molecular flexibility index (Phi) is 4.63. The van der Waals surface area contributed by atoms with Gasteiger partial charge in [-0.15, -0.1) is 0 Å². The average molecular weight is 388 g/mol. The molecule has 2 aromatic carbocycles. The predicted octanol–water partition coefficient (Wildman–Crippen LogP) is 4.26. The second-order valence-corrected chi connectivity index (χ2v) is 5.83. The monoisotopic (exact) mass is 387 g/mol. The van der Waals surface area contributed by atoms with E-state index in [4.69, 9.17) is 18.9 Å². The van der Waals surface area contributed by atoms with Crippen molar-refractivity contribution in [2.45, 2.75) is 0 Å². The van der Waals surface area contributed by atoms with E-state index in [1.54, 1.807) is 32.4 Å². The highest BCUT2D eigenvalue weighted by Gasteiger charge is 2.15. The zero-order valence-corrected chi connectivity index (χ0v) is 14.7. The van der Waals surface area contributed by atoms with Crippen LogP contribution in [0.5, 0.6) is 23.0 Å². The van der Waals surface area contributed by atoms with Crippen molar-refractivity contribution in [2.75, 3.05) is 21.0 Å². The van der Waals surface area contributed by atoms with Gasteiger partial charge in [-0.25, -0.2) is 0 Å². The lowest BCUT2D eigenvalue weighted by Gasteiger charge is -2.11. The van der Waals surface area contributed by atoms with Gasteiger partial charge in [-0.3, -0.25) is 0 Å². The molecular weight excluding hydrogens is 374 g/mol. The average Bonchev–Trinajstić information content (AvgIpc) is 3.06. The molecule has 122 valence electrons. The molecule has 0 atom stereocenters. The van der Waals surface area contributed by atoms with Crippen LogP contribution in [0.1, 0.15) is 11.1 Å². The van der Waals surface area contributed by atoms with Crippen LogP contribution in [-0.4, -0.2) is 21.0 Å². The van der Waals surface area contributed by atoms with E-state index in [0.29, 0.717) is 28.6 Å². The molecule has 5 nitrogen and oxygen atoms in total. The number of hydrogen-bond donors (Lipinski definition) is 0. The number of nitriles is 1. The SMILES string of the molecule is COc1cc(/C=C(/C#N)c2ccc3c(c2)OCO3)cc(Br)c1OC. The smallest absolute Gasteiger partial charge is 0.231 e. The van der Waals surface area contributed by atoms with Gasteiger partial charge in [0.25, 0.3) is 0 Å². The third kappa shape index (κ3) is 3.03. The van der Waals surface area contributed by atoms with Crippen LogP contribution in [0.2, 0.25) is 0 Å². The van der Waals surface area contributed by atoms with E-state index in [1.807, 2.05) is 18.2 Å². The van der Waals surface area contributed by atoms with Crippen molar-refractivity contribution in [2.24, 2.45) is 0 Å². The Morgan fingerprint density at radius 3 is 2.67 bits per heavy atom. The molecule has 2 aromatic rings. The molecule has 0 fully saturated rings. The molecular formula is C18H14BrNO4. The minimum absolute atomic E-state index is 0.201. The zero-order chi connectivity index (χ0) is 17.1. The fraction of sp³-hybridized carbons (Fsp3) is 0.167. The van der Waals surface area contributed by atoms with Gasteiger partial charge in [-0.2, -0.15) is 5.26 Å². The lowest BCUT2D eigenvalue weighted by molar-refractivity contribution is 0.174. The maximum Gasteiger partial charge on any atom is 0.231 e. The van der Waals surface area contributed by atoms with Crippen LogP contribution in [0.3, 0.4) is 0 Å². The molecule has 24 heavy (non-hydrogen) atoms. The minimum Gasteiger partial charge on any atom is -0.493 e. The Labute approximate surface area is 148 Å². The number of benzene rings is 2. The van der Waals surface area contributed by atoms with E-state index in [0.717, 1.165) is 15.6 Å². The molecule has 0 aromatic heterocycles. The van der Waals surface area contributed by atoms with Crippen LogP contribution < -0.4 is 18.9 Å². The molecule has 0 radical (unpaired) electrons. The van der Waals surface area contributed by atoms with E-state index in [-0.39, 0.29) is 6.79 Å². The third-order valence-corrected chi connectivity index (χ3v) is 4.16. The van der Waals surface area contributed by atoms with Gasteiger partial charge in [0.15, 0.2) is 23.0 Å². The quantitative estimate of drug-likeness (QED) is 0.579. The summed E-state index contributed by atoms with van der Waals surface area (Å²) < 4.78 is 22.0. The van der Waals surface area contributed by atoms with Gasteiger partial charge >= 0.3 is 0 Å². The molecule has 1 aliphatic heterocycles. The lowest BCUT2D eigenvalue weighted by atomic mass is 10.0. The van der Waals surface area contributed by atoms with Gasteiger partial charge in [0.2, 0.25) is 6.79 Å². The molecule has 1 heterocycles. The molecule has 0 saturated heterocycles. The number of rotatable bonds is 4. The number of allylic oxidation sites excluding steroid dienone is 1. The van der Waals surface area contributed by atoms with Crippen molar-refractivity contribution in [1.82, 2.24) is 0 Å². The second kappa shape index (κ2) is 6.85. The maximum atomic E-state index is 9.53.